The normalized spacial score (nSPS) is 15.9. The largest absolute Gasteiger partial charge is 0.445 e. The summed E-state index contributed by atoms with van der Waals surface area (Å²) in [6, 6.07) is 29.0. The maximum absolute atomic E-state index is 14.1. The van der Waals surface area contributed by atoms with E-state index in [9.17, 15) is 9.59 Å². The van der Waals surface area contributed by atoms with Gasteiger partial charge < -0.3 is 28.6 Å². The number of hydrogen-bond acceptors (Lipinski definition) is 5. The Bertz CT molecular complexity index is 2160. The molecule has 0 unspecified atom stereocenters. The van der Waals surface area contributed by atoms with Crippen LogP contribution in [0.3, 0.4) is 0 Å². The number of amides is 2. The van der Waals surface area contributed by atoms with Crippen LogP contribution in [-0.2, 0) is 24.4 Å². The first kappa shape index (κ1) is 32.8. The smallest absolute Gasteiger partial charge is 0.410 e. The molecule has 0 aliphatic carbocycles. The van der Waals surface area contributed by atoms with Crippen LogP contribution in [0.1, 0.15) is 34.5 Å². The molecule has 2 aliphatic heterocycles. The number of nitrogens with zero attached hydrogens (tertiary/aromatic N) is 6. The van der Waals surface area contributed by atoms with Gasteiger partial charge in [-0.15, -0.1) is 0 Å². The van der Waals surface area contributed by atoms with Gasteiger partial charge in [-0.25, -0.2) is 9.78 Å². The van der Waals surface area contributed by atoms with Crippen molar-refractivity contribution in [2.45, 2.75) is 32.5 Å². The highest BCUT2D eigenvalue weighted by Crippen LogP contribution is 2.33. The van der Waals surface area contributed by atoms with E-state index in [1.807, 2.05) is 52.8 Å². The number of rotatable bonds is 8. The number of piperidine rings is 1. The van der Waals surface area contributed by atoms with Gasteiger partial charge in [-0.05, 0) is 58.5 Å². The second-order valence-corrected chi connectivity index (χ2v) is 14.0. The van der Waals surface area contributed by atoms with E-state index in [2.05, 4.69) is 92.9 Å². The zero-order valence-electron chi connectivity index (χ0n) is 29.2. The van der Waals surface area contributed by atoms with Crippen LogP contribution in [0.2, 0.25) is 0 Å². The molecule has 51 heavy (non-hydrogen) atoms. The monoisotopic (exact) mass is 680 g/mol. The number of carbonyl (C=O) groups is 2. The Balaban J connectivity index is 0.943. The lowest BCUT2D eigenvalue weighted by Gasteiger charge is -2.32. The fraction of sp³-hybridized carbons (Fsp3) is 0.310. The van der Waals surface area contributed by atoms with Gasteiger partial charge in [-0.2, -0.15) is 0 Å². The fourth-order valence-corrected chi connectivity index (χ4v) is 7.68. The molecule has 0 N–H and O–H groups in total. The standard InChI is InChI=1S/C42H44N6O3/c1-44-20-22-46(23-21-44)41(49)40-28-45(27-39(40)38-15-7-11-33-9-3-5-14-37(33)38)26-35-24-43-30-48(35)25-31-16-18-47(19-17-31)42(50)51-29-34-12-6-10-32-8-2-4-13-36(32)34/h2-15,24,27-28,30-31H,16-23,25-26,29H2,1H3. The summed E-state index contributed by atoms with van der Waals surface area (Å²) < 4.78 is 10.1. The third kappa shape index (κ3) is 6.99. The van der Waals surface area contributed by atoms with Crippen molar-refractivity contribution in [2.24, 2.45) is 5.92 Å². The highest BCUT2D eigenvalue weighted by atomic mass is 16.6. The molecule has 2 aliphatic rings. The summed E-state index contributed by atoms with van der Waals surface area (Å²) in [5.74, 6) is 0.506. The first-order chi connectivity index (χ1) is 25.0. The molecule has 2 aromatic heterocycles. The van der Waals surface area contributed by atoms with Gasteiger partial charge in [0.25, 0.3) is 5.91 Å². The van der Waals surface area contributed by atoms with Crippen LogP contribution >= 0.6 is 0 Å². The van der Waals surface area contributed by atoms with Crippen LogP contribution < -0.4 is 0 Å². The molecule has 0 atom stereocenters. The number of imidazole rings is 1. The number of likely N-dealkylation sites (N-methyl/N-ethyl adjacent to an activating group) is 1. The second-order valence-electron chi connectivity index (χ2n) is 14.0. The van der Waals surface area contributed by atoms with Crippen LogP contribution in [0.5, 0.6) is 0 Å². The van der Waals surface area contributed by atoms with Crippen molar-refractivity contribution >= 4 is 33.5 Å². The molecule has 0 spiro atoms. The molecule has 4 aromatic carbocycles. The molecule has 9 nitrogen and oxygen atoms in total. The molecule has 4 heterocycles. The minimum atomic E-state index is -0.249. The summed E-state index contributed by atoms with van der Waals surface area (Å²) in [7, 11) is 2.11. The van der Waals surface area contributed by atoms with E-state index in [4.69, 9.17) is 4.74 Å². The molecule has 0 radical (unpaired) electrons. The molecule has 260 valence electrons. The van der Waals surface area contributed by atoms with Crippen molar-refractivity contribution in [3.05, 3.63) is 127 Å². The predicted molar refractivity (Wildman–Crippen MR) is 201 cm³/mol. The third-order valence-electron chi connectivity index (χ3n) is 10.7. The number of likely N-dealkylation sites (tertiary alicyclic amines) is 1. The van der Waals surface area contributed by atoms with Gasteiger partial charge in [0.05, 0.1) is 24.1 Å². The Hall–Kier alpha value is -5.41. The fourth-order valence-electron chi connectivity index (χ4n) is 7.68. The number of benzene rings is 4. The molecule has 2 fully saturated rings. The van der Waals surface area contributed by atoms with Crippen molar-refractivity contribution in [2.75, 3.05) is 46.3 Å². The van der Waals surface area contributed by atoms with Crippen LogP contribution in [0.25, 0.3) is 32.7 Å². The SMILES string of the molecule is CN1CCN(C(=O)c2cn(Cc3cncn3CC3CCN(C(=O)OCc4cccc5ccccc45)CC3)cc2-c2cccc3ccccc23)CC1. The van der Waals surface area contributed by atoms with E-state index in [1.54, 1.807) is 0 Å². The average Bonchev–Trinajstić information content (AvgIpc) is 3.80. The van der Waals surface area contributed by atoms with Crippen LogP contribution in [0, 0.1) is 5.92 Å². The Morgan fingerprint density at radius 3 is 2.22 bits per heavy atom. The van der Waals surface area contributed by atoms with Crippen molar-refractivity contribution in [1.82, 2.24) is 28.8 Å². The molecule has 9 heteroatoms. The maximum atomic E-state index is 14.1. The minimum absolute atomic E-state index is 0.0840. The Morgan fingerprint density at radius 2 is 1.43 bits per heavy atom. The number of aromatic nitrogens is 3. The highest BCUT2D eigenvalue weighted by Gasteiger charge is 2.27. The quantitative estimate of drug-likeness (QED) is 0.171. The lowest BCUT2D eigenvalue weighted by molar-refractivity contribution is 0.0664. The van der Waals surface area contributed by atoms with Gasteiger partial charge in [0, 0.05) is 70.0 Å². The number of ether oxygens (including phenoxy) is 1. The van der Waals surface area contributed by atoms with Gasteiger partial charge >= 0.3 is 6.09 Å². The molecule has 8 rings (SSSR count). The van der Waals surface area contributed by atoms with E-state index in [0.29, 0.717) is 25.6 Å². The maximum Gasteiger partial charge on any atom is 0.410 e. The van der Waals surface area contributed by atoms with Gasteiger partial charge in [0.2, 0.25) is 0 Å². The Labute approximate surface area is 298 Å². The summed E-state index contributed by atoms with van der Waals surface area (Å²) in [4.78, 5) is 37.7. The van der Waals surface area contributed by atoms with Gasteiger partial charge in [0.15, 0.2) is 0 Å². The van der Waals surface area contributed by atoms with E-state index in [-0.39, 0.29) is 18.6 Å². The van der Waals surface area contributed by atoms with Gasteiger partial charge in [-0.1, -0.05) is 84.9 Å². The van der Waals surface area contributed by atoms with Crippen LogP contribution in [0.15, 0.2) is 110 Å². The lowest BCUT2D eigenvalue weighted by Crippen LogP contribution is -2.47. The van der Waals surface area contributed by atoms with E-state index >= 15 is 0 Å². The summed E-state index contributed by atoms with van der Waals surface area (Å²) in [6.07, 6.45) is 9.55. The molecular weight excluding hydrogens is 637 g/mol. The number of hydrogen-bond donors (Lipinski definition) is 0. The molecule has 0 bridgehead atoms. The second kappa shape index (κ2) is 14.4. The van der Waals surface area contributed by atoms with Crippen molar-refractivity contribution in [1.29, 1.82) is 0 Å². The van der Waals surface area contributed by atoms with Crippen LogP contribution in [-0.4, -0.2) is 87.1 Å². The summed E-state index contributed by atoms with van der Waals surface area (Å²) >= 11 is 0. The average molecular weight is 681 g/mol. The zero-order valence-corrected chi connectivity index (χ0v) is 29.2. The molecule has 0 saturated carbocycles. The Morgan fingerprint density at radius 1 is 0.745 bits per heavy atom. The van der Waals surface area contributed by atoms with Crippen molar-refractivity contribution in [3.63, 3.8) is 0 Å². The first-order valence-electron chi connectivity index (χ1n) is 18.0. The predicted octanol–water partition coefficient (Wildman–Crippen LogP) is 7.14. The van der Waals surface area contributed by atoms with Crippen LogP contribution in [0.4, 0.5) is 4.79 Å². The summed E-state index contributed by atoms with van der Waals surface area (Å²) in [5.41, 5.74) is 4.88. The topological polar surface area (TPSA) is 75.8 Å². The molecular formula is C42H44N6O3. The zero-order chi connectivity index (χ0) is 34.7. The summed E-state index contributed by atoms with van der Waals surface area (Å²) in [6.45, 7) is 6.25. The number of fused-ring (bicyclic) bond motifs is 2. The number of carbonyl (C=O) groups excluding carboxylic acids is 2. The van der Waals surface area contributed by atoms with E-state index < -0.39 is 0 Å². The van der Waals surface area contributed by atoms with E-state index in [0.717, 1.165) is 95.1 Å². The van der Waals surface area contributed by atoms with E-state index in [1.165, 1.54) is 0 Å². The van der Waals surface area contributed by atoms with Gasteiger partial charge in [-0.3, -0.25) is 4.79 Å². The van der Waals surface area contributed by atoms with Crippen molar-refractivity contribution < 1.29 is 14.3 Å². The molecule has 6 aromatic rings. The van der Waals surface area contributed by atoms with Crippen molar-refractivity contribution in [3.8, 4) is 11.1 Å². The highest BCUT2D eigenvalue weighted by molar-refractivity contribution is 6.06. The van der Waals surface area contributed by atoms with Gasteiger partial charge in [0.1, 0.15) is 6.61 Å². The molecule has 2 saturated heterocycles. The number of piperazine rings is 1. The first-order valence-corrected chi connectivity index (χ1v) is 18.0. The molecule has 2 amide bonds. The minimum Gasteiger partial charge on any atom is -0.445 e. The third-order valence-corrected chi connectivity index (χ3v) is 10.7. The Kier molecular flexibility index (Phi) is 9.28. The summed E-state index contributed by atoms with van der Waals surface area (Å²) in [5, 5.41) is 4.56. The lowest BCUT2D eigenvalue weighted by atomic mass is 9.97.